The van der Waals surface area contributed by atoms with E-state index in [-0.39, 0.29) is 0 Å². The molecule has 0 spiro atoms. The highest BCUT2D eigenvalue weighted by Crippen LogP contribution is 2.23. The van der Waals surface area contributed by atoms with Crippen LogP contribution in [0.5, 0.6) is 0 Å². The summed E-state index contributed by atoms with van der Waals surface area (Å²) >= 11 is 0. The summed E-state index contributed by atoms with van der Waals surface area (Å²) in [4.78, 5) is 15.3. The first-order chi connectivity index (χ1) is 11.6. The maximum atomic E-state index is 11.8. The van der Waals surface area contributed by atoms with Crippen molar-refractivity contribution >= 4 is 16.9 Å². The Morgan fingerprint density at radius 1 is 1.17 bits per heavy atom. The Bertz CT molecular complexity index is 919. The SMILES string of the molecule is [C-]#[N+]C(C)(Cc1ccc(-n2ccc3ccccc32)cc1)C(=O)OC. The standard InChI is InChI=1S/C20H18N2O2/c1-20(21-2,19(23)24-3)14-15-8-10-17(11-9-15)22-13-12-16-6-4-5-7-18(16)22/h4-13H,14H2,1,3H3. The summed E-state index contributed by atoms with van der Waals surface area (Å²) in [5, 5.41) is 1.19. The van der Waals surface area contributed by atoms with Crippen molar-refractivity contribution < 1.29 is 9.53 Å². The van der Waals surface area contributed by atoms with E-state index in [0.717, 1.165) is 16.8 Å². The summed E-state index contributed by atoms with van der Waals surface area (Å²) in [6.45, 7) is 8.92. The van der Waals surface area contributed by atoms with E-state index in [1.807, 2.05) is 42.6 Å². The molecule has 0 aliphatic heterocycles. The molecule has 1 aromatic heterocycles. The number of aromatic nitrogens is 1. The van der Waals surface area contributed by atoms with Gasteiger partial charge in [-0.25, -0.2) is 11.4 Å². The van der Waals surface area contributed by atoms with Crippen LogP contribution in [0, 0.1) is 6.57 Å². The molecule has 1 atom stereocenters. The molecule has 24 heavy (non-hydrogen) atoms. The van der Waals surface area contributed by atoms with Gasteiger partial charge in [0.1, 0.15) is 0 Å². The molecule has 0 saturated heterocycles. The van der Waals surface area contributed by atoms with Gasteiger partial charge in [0.2, 0.25) is 0 Å². The predicted octanol–water partition coefficient (Wildman–Crippen LogP) is 4.02. The van der Waals surface area contributed by atoms with Crippen LogP contribution in [0.4, 0.5) is 0 Å². The number of hydrogen-bond acceptors (Lipinski definition) is 2. The molecule has 1 unspecified atom stereocenters. The van der Waals surface area contributed by atoms with E-state index in [9.17, 15) is 4.79 Å². The Balaban J connectivity index is 1.89. The maximum Gasteiger partial charge on any atom is 0.393 e. The first-order valence-electron chi connectivity index (χ1n) is 7.70. The number of hydrogen-bond donors (Lipinski definition) is 0. The zero-order chi connectivity index (χ0) is 17.2. The van der Waals surface area contributed by atoms with E-state index in [0.29, 0.717) is 6.42 Å². The molecule has 0 fully saturated rings. The molecule has 1 heterocycles. The number of para-hydroxylation sites is 1. The Hall–Kier alpha value is -3.06. The third kappa shape index (κ3) is 2.77. The van der Waals surface area contributed by atoms with E-state index in [4.69, 9.17) is 11.3 Å². The second-order valence-electron chi connectivity index (χ2n) is 5.97. The minimum Gasteiger partial charge on any atom is -0.463 e. The van der Waals surface area contributed by atoms with Crippen LogP contribution < -0.4 is 0 Å². The van der Waals surface area contributed by atoms with Crippen molar-refractivity contribution in [2.75, 3.05) is 7.11 Å². The van der Waals surface area contributed by atoms with Gasteiger partial charge in [-0.15, -0.1) is 0 Å². The lowest BCUT2D eigenvalue weighted by Crippen LogP contribution is -2.35. The van der Waals surface area contributed by atoms with Gasteiger partial charge in [-0.3, -0.25) is 4.85 Å². The zero-order valence-electron chi connectivity index (χ0n) is 13.7. The first kappa shape index (κ1) is 15.8. The van der Waals surface area contributed by atoms with Gasteiger partial charge in [0, 0.05) is 18.8 Å². The van der Waals surface area contributed by atoms with Crippen LogP contribution in [0.25, 0.3) is 21.4 Å². The molecular weight excluding hydrogens is 300 g/mol. The number of nitrogens with zero attached hydrogens (tertiary/aromatic N) is 2. The topological polar surface area (TPSA) is 35.6 Å². The van der Waals surface area contributed by atoms with E-state index in [1.165, 1.54) is 12.5 Å². The molecule has 0 aliphatic rings. The van der Waals surface area contributed by atoms with Crippen molar-refractivity contribution in [3.8, 4) is 5.69 Å². The minimum atomic E-state index is -1.18. The average molecular weight is 318 g/mol. The molecule has 4 nitrogen and oxygen atoms in total. The predicted molar refractivity (Wildman–Crippen MR) is 94.0 cm³/mol. The van der Waals surface area contributed by atoms with E-state index in [2.05, 4.69) is 27.6 Å². The molecular formula is C20H18N2O2. The lowest BCUT2D eigenvalue weighted by atomic mass is 9.93. The number of carbonyl (C=O) groups excluding carboxylic acids is 1. The fourth-order valence-corrected chi connectivity index (χ4v) is 2.86. The Labute approximate surface area is 141 Å². The monoisotopic (exact) mass is 318 g/mol. The van der Waals surface area contributed by atoms with Crippen LogP contribution >= 0.6 is 0 Å². The van der Waals surface area contributed by atoms with Crippen LogP contribution in [0.1, 0.15) is 12.5 Å². The molecule has 120 valence electrons. The number of benzene rings is 2. The van der Waals surface area contributed by atoms with Crippen molar-refractivity contribution in [3.63, 3.8) is 0 Å². The van der Waals surface area contributed by atoms with Gasteiger partial charge in [0.05, 0.1) is 19.0 Å². The van der Waals surface area contributed by atoms with Crippen LogP contribution in [0.2, 0.25) is 0 Å². The zero-order valence-corrected chi connectivity index (χ0v) is 13.7. The normalized spacial score (nSPS) is 13.2. The van der Waals surface area contributed by atoms with Gasteiger partial charge in [0.15, 0.2) is 0 Å². The number of fused-ring (bicyclic) bond motifs is 1. The highest BCUT2D eigenvalue weighted by molar-refractivity contribution is 5.83. The lowest BCUT2D eigenvalue weighted by molar-refractivity contribution is -0.144. The van der Waals surface area contributed by atoms with Crippen molar-refractivity contribution in [2.45, 2.75) is 18.9 Å². The molecule has 0 amide bonds. The van der Waals surface area contributed by atoms with Crippen molar-refractivity contribution in [3.05, 3.63) is 77.8 Å². The number of carbonyl (C=O) groups is 1. The highest BCUT2D eigenvalue weighted by atomic mass is 16.5. The first-order valence-corrected chi connectivity index (χ1v) is 7.70. The van der Waals surface area contributed by atoms with Crippen molar-refractivity contribution in [2.24, 2.45) is 0 Å². The molecule has 4 heteroatoms. The van der Waals surface area contributed by atoms with Gasteiger partial charge in [-0.1, -0.05) is 30.3 Å². The van der Waals surface area contributed by atoms with E-state index < -0.39 is 11.5 Å². The molecule has 0 N–H and O–H groups in total. The number of esters is 1. The number of rotatable bonds is 4. The summed E-state index contributed by atoms with van der Waals surface area (Å²) in [5.41, 5.74) is 1.93. The van der Waals surface area contributed by atoms with E-state index in [1.54, 1.807) is 6.92 Å². The van der Waals surface area contributed by atoms with Gasteiger partial charge in [0.25, 0.3) is 0 Å². The van der Waals surface area contributed by atoms with Crippen LogP contribution in [0.15, 0.2) is 60.8 Å². The highest BCUT2D eigenvalue weighted by Gasteiger charge is 2.41. The molecule has 3 aromatic rings. The number of ether oxygens (including phenoxy) is 1. The molecule has 2 aromatic carbocycles. The van der Waals surface area contributed by atoms with Crippen molar-refractivity contribution in [1.82, 2.24) is 4.57 Å². The molecule has 0 bridgehead atoms. The second kappa shape index (κ2) is 6.21. The fraction of sp³-hybridized carbons (Fsp3) is 0.200. The second-order valence-corrected chi connectivity index (χ2v) is 5.97. The minimum absolute atomic E-state index is 0.329. The Kier molecular flexibility index (Phi) is 4.09. The van der Waals surface area contributed by atoms with Gasteiger partial charge in [-0.2, -0.15) is 0 Å². The number of methoxy groups -OCH3 is 1. The molecule has 0 radical (unpaired) electrons. The summed E-state index contributed by atoms with van der Waals surface area (Å²) in [6, 6.07) is 18.2. The third-order valence-electron chi connectivity index (χ3n) is 4.23. The Morgan fingerprint density at radius 3 is 2.54 bits per heavy atom. The summed E-state index contributed by atoms with van der Waals surface area (Å²) in [7, 11) is 1.31. The molecule has 3 rings (SSSR count). The smallest absolute Gasteiger partial charge is 0.393 e. The summed E-state index contributed by atoms with van der Waals surface area (Å²) in [6.07, 6.45) is 2.37. The lowest BCUT2D eigenvalue weighted by Gasteiger charge is -2.14. The summed E-state index contributed by atoms with van der Waals surface area (Å²) < 4.78 is 6.87. The average Bonchev–Trinajstić information content (AvgIpc) is 3.05. The van der Waals surface area contributed by atoms with Crippen molar-refractivity contribution in [1.29, 1.82) is 0 Å². The summed E-state index contributed by atoms with van der Waals surface area (Å²) in [5.74, 6) is -0.502. The molecule has 0 saturated carbocycles. The van der Waals surface area contributed by atoms with Crippen LogP contribution in [-0.2, 0) is 16.0 Å². The Morgan fingerprint density at radius 2 is 1.88 bits per heavy atom. The third-order valence-corrected chi connectivity index (χ3v) is 4.23. The van der Waals surface area contributed by atoms with Gasteiger partial charge in [-0.05, 0) is 35.2 Å². The largest absolute Gasteiger partial charge is 0.463 e. The molecule has 0 aliphatic carbocycles. The fourth-order valence-electron chi connectivity index (χ4n) is 2.86. The van der Waals surface area contributed by atoms with Gasteiger partial charge < -0.3 is 9.30 Å². The van der Waals surface area contributed by atoms with Crippen LogP contribution in [0.3, 0.4) is 0 Å². The van der Waals surface area contributed by atoms with E-state index >= 15 is 0 Å². The maximum absolute atomic E-state index is 11.8. The van der Waals surface area contributed by atoms with Crippen LogP contribution in [-0.4, -0.2) is 23.2 Å². The quantitative estimate of drug-likeness (QED) is 0.538. The van der Waals surface area contributed by atoms with Gasteiger partial charge >= 0.3 is 11.5 Å².